The third kappa shape index (κ3) is 3.31. The molecule has 5 rings (SSSR count). The first-order valence-electron chi connectivity index (χ1n) is 9.74. The van der Waals surface area contributed by atoms with Crippen molar-refractivity contribution in [2.24, 2.45) is 11.8 Å². The summed E-state index contributed by atoms with van der Waals surface area (Å²) in [5, 5.41) is 15.3. The molecule has 1 aliphatic carbocycles. The number of likely N-dealkylation sites (tertiary alicyclic amines) is 1. The molecule has 3 aromatic rings. The van der Waals surface area contributed by atoms with Gasteiger partial charge in [-0.25, -0.2) is 4.98 Å². The van der Waals surface area contributed by atoms with Gasteiger partial charge >= 0.3 is 0 Å². The Morgan fingerprint density at radius 2 is 2.04 bits per heavy atom. The molecule has 1 aromatic carbocycles. The SMILES string of the molecule is O[C@@H]1C[C@H]2CN(Cc3cccc4[nH]ccc34)C[C@H]2C[C@H]1Nc1cnccn1. The fourth-order valence-corrected chi connectivity index (χ4v) is 4.90. The summed E-state index contributed by atoms with van der Waals surface area (Å²) in [5.41, 5.74) is 2.58. The van der Waals surface area contributed by atoms with Crippen LogP contribution in [0.3, 0.4) is 0 Å². The average molecular weight is 363 g/mol. The zero-order chi connectivity index (χ0) is 18.2. The highest BCUT2D eigenvalue weighted by Gasteiger charge is 2.41. The lowest BCUT2D eigenvalue weighted by atomic mass is 9.77. The van der Waals surface area contributed by atoms with Crippen molar-refractivity contribution in [2.45, 2.75) is 31.5 Å². The molecule has 1 saturated heterocycles. The van der Waals surface area contributed by atoms with Gasteiger partial charge in [0, 0.05) is 49.1 Å². The molecular weight excluding hydrogens is 338 g/mol. The van der Waals surface area contributed by atoms with E-state index in [-0.39, 0.29) is 12.1 Å². The first-order chi connectivity index (χ1) is 13.3. The van der Waals surface area contributed by atoms with Gasteiger partial charge in [-0.3, -0.25) is 9.88 Å². The maximum atomic E-state index is 10.6. The molecule has 140 valence electrons. The predicted molar refractivity (Wildman–Crippen MR) is 105 cm³/mol. The van der Waals surface area contributed by atoms with Crippen molar-refractivity contribution < 1.29 is 5.11 Å². The number of H-pyrrole nitrogens is 1. The topological polar surface area (TPSA) is 77.1 Å². The summed E-state index contributed by atoms with van der Waals surface area (Å²) < 4.78 is 0. The monoisotopic (exact) mass is 363 g/mol. The molecule has 0 spiro atoms. The summed E-state index contributed by atoms with van der Waals surface area (Å²) in [4.78, 5) is 14.2. The van der Waals surface area contributed by atoms with Crippen LogP contribution in [-0.2, 0) is 6.54 Å². The van der Waals surface area contributed by atoms with E-state index in [1.165, 1.54) is 16.5 Å². The first-order valence-corrected chi connectivity index (χ1v) is 9.74. The van der Waals surface area contributed by atoms with Gasteiger partial charge in [0.25, 0.3) is 0 Å². The predicted octanol–water partition coefficient (Wildman–Crippen LogP) is 2.64. The third-order valence-corrected chi connectivity index (χ3v) is 6.19. The Kier molecular flexibility index (Phi) is 4.30. The van der Waals surface area contributed by atoms with Gasteiger partial charge in [0.15, 0.2) is 0 Å². The van der Waals surface area contributed by atoms with Crippen LogP contribution >= 0.6 is 0 Å². The molecule has 4 atom stereocenters. The number of anilines is 1. The molecule has 27 heavy (non-hydrogen) atoms. The number of aliphatic hydroxyl groups excluding tert-OH is 1. The van der Waals surface area contributed by atoms with E-state index < -0.39 is 0 Å². The van der Waals surface area contributed by atoms with Crippen molar-refractivity contribution in [2.75, 3.05) is 18.4 Å². The number of rotatable bonds is 4. The summed E-state index contributed by atoms with van der Waals surface area (Å²) in [5.74, 6) is 1.94. The number of aromatic nitrogens is 3. The van der Waals surface area contributed by atoms with Crippen molar-refractivity contribution in [1.29, 1.82) is 0 Å². The van der Waals surface area contributed by atoms with Crippen molar-refractivity contribution in [3.8, 4) is 0 Å². The number of nitrogens with one attached hydrogen (secondary N) is 2. The summed E-state index contributed by atoms with van der Waals surface area (Å²) in [6, 6.07) is 8.70. The van der Waals surface area contributed by atoms with Gasteiger partial charge < -0.3 is 15.4 Å². The Morgan fingerprint density at radius 3 is 2.89 bits per heavy atom. The fraction of sp³-hybridized carbons (Fsp3) is 0.429. The number of aliphatic hydroxyl groups is 1. The number of nitrogens with zero attached hydrogens (tertiary/aromatic N) is 3. The van der Waals surface area contributed by atoms with Crippen LogP contribution in [0, 0.1) is 11.8 Å². The summed E-state index contributed by atoms with van der Waals surface area (Å²) in [6.07, 6.45) is 8.58. The molecule has 1 saturated carbocycles. The van der Waals surface area contributed by atoms with Crippen molar-refractivity contribution in [3.63, 3.8) is 0 Å². The Balaban J connectivity index is 1.26. The van der Waals surface area contributed by atoms with Crippen LogP contribution in [0.1, 0.15) is 18.4 Å². The Bertz CT molecular complexity index is 911. The molecule has 2 aromatic heterocycles. The minimum absolute atomic E-state index is 0.0519. The van der Waals surface area contributed by atoms with Crippen LogP contribution in [0.25, 0.3) is 10.9 Å². The van der Waals surface area contributed by atoms with Gasteiger partial charge in [0.05, 0.1) is 18.3 Å². The molecule has 3 heterocycles. The van der Waals surface area contributed by atoms with Crippen molar-refractivity contribution in [1.82, 2.24) is 19.9 Å². The molecule has 0 radical (unpaired) electrons. The molecule has 6 nitrogen and oxygen atoms in total. The molecule has 0 unspecified atom stereocenters. The van der Waals surface area contributed by atoms with Gasteiger partial charge in [-0.1, -0.05) is 12.1 Å². The standard InChI is InChI=1S/C21H25N5O/c27-20-9-16-13-26(11-14-2-1-3-18-17(14)4-5-23-18)12-15(16)8-19(20)25-21-10-22-6-7-24-21/h1-7,10,15-16,19-20,23,27H,8-9,11-13H2,(H,24,25)/t15-,16+,19-,20-/m1/s1. The average Bonchev–Trinajstić information content (AvgIpc) is 3.30. The van der Waals surface area contributed by atoms with E-state index in [2.05, 4.69) is 49.4 Å². The van der Waals surface area contributed by atoms with Crippen LogP contribution in [0.15, 0.2) is 49.1 Å². The Morgan fingerprint density at radius 1 is 1.15 bits per heavy atom. The number of benzene rings is 1. The normalized spacial score (nSPS) is 28.3. The van der Waals surface area contributed by atoms with E-state index >= 15 is 0 Å². The van der Waals surface area contributed by atoms with Gasteiger partial charge in [0.1, 0.15) is 5.82 Å². The maximum Gasteiger partial charge on any atom is 0.144 e. The van der Waals surface area contributed by atoms with E-state index in [1.54, 1.807) is 18.6 Å². The van der Waals surface area contributed by atoms with Crippen LogP contribution in [0.5, 0.6) is 0 Å². The molecule has 2 aliphatic rings. The summed E-state index contributed by atoms with van der Waals surface area (Å²) >= 11 is 0. The minimum Gasteiger partial charge on any atom is -0.391 e. The van der Waals surface area contributed by atoms with Crippen molar-refractivity contribution >= 4 is 16.7 Å². The highest BCUT2D eigenvalue weighted by molar-refractivity contribution is 5.82. The number of hydrogen-bond acceptors (Lipinski definition) is 5. The lowest BCUT2D eigenvalue weighted by molar-refractivity contribution is 0.0735. The van der Waals surface area contributed by atoms with E-state index in [0.29, 0.717) is 11.8 Å². The largest absolute Gasteiger partial charge is 0.391 e. The van der Waals surface area contributed by atoms with Gasteiger partial charge in [0.2, 0.25) is 0 Å². The van der Waals surface area contributed by atoms with Gasteiger partial charge in [-0.15, -0.1) is 0 Å². The Hall–Kier alpha value is -2.44. The fourth-order valence-electron chi connectivity index (χ4n) is 4.90. The minimum atomic E-state index is -0.332. The molecule has 0 bridgehead atoms. The second kappa shape index (κ2) is 6.94. The molecule has 6 heteroatoms. The molecule has 1 aliphatic heterocycles. The molecular formula is C21H25N5O. The zero-order valence-electron chi connectivity index (χ0n) is 15.3. The van der Waals surface area contributed by atoms with E-state index in [0.717, 1.165) is 38.3 Å². The first kappa shape index (κ1) is 16.7. The van der Waals surface area contributed by atoms with Gasteiger partial charge in [-0.2, -0.15) is 0 Å². The Labute approximate surface area is 158 Å². The van der Waals surface area contributed by atoms with Gasteiger partial charge in [-0.05, 0) is 42.4 Å². The second-order valence-corrected chi connectivity index (χ2v) is 7.95. The quantitative estimate of drug-likeness (QED) is 0.664. The molecule has 2 fully saturated rings. The number of fused-ring (bicyclic) bond motifs is 2. The highest BCUT2D eigenvalue weighted by atomic mass is 16.3. The van der Waals surface area contributed by atoms with E-state index in [9.17, 15) is 5.11 Å². The maximum absolute atomic E-state index is 10.6. The lowest BCUT2D eigenvalue weighted by Crippen LogP contribution is -2.43. The highest BCUT2D eigenvalue weighted by Crippen LogP contribution is 2.38. The summed E-state index contributed by atoms with van der Waals surface area (Å²) in [7, 11) is 0. The number of hydrogen-bond donors (Lipinski definition) is 3. The third-order valence-electron chi connectivity index (χ3n) is 6.19. The molecule has 0 amide bonds. The lowest BCUT2D eigenvalue weighted by Gasteiger charge is -2.35. The second-order valence-electron chi connectivity index (χ2n) is 7.95. The smallest absolute Gasteiger partial charge is 0.144 e. The van der Waals surface area contributed by atoms with Crippen LogP contribution in [-0.4, -0.2) is 50.2 Å². The zero-order valence-corrected chi connectivity index (χ0v) is 15.3. The number of aromatic amines is 1. The van der Waals surface area contributed by atoms with Crippen LogP contribution in [0.4, 0.5) is 5.82 Å². The van der Waals surface area contributed by atoms with E-state index in [1.807, 2.05) is 6.20 Å². The summed E-state index contributed by atoms with van der Waals surface area (Å²) in [6.45, 7) is 3.14. The van der Waals surface area contributed by atoms with Crippen molar-refractivity contribution in [3.05, 3.63) is 54.6 Å². The van der Waals surface area contributed by atoms with E-state index in [4.69, 9.17) is 0 Å². The van der Waals surface area contributed by atoms with Crippen LogP contribution < -0.4 is 5.32 Å². The molecule has 3 N–H and O–H groups in total. The van der Waals surface area contributed by atoms with Crippen LogP contribution in [0.2, 0.25) is 0 Å².